The predicted octanol–water partition coefficient (Wildman–Crippen LogP) is 2.58. The third-order valence-corrected chi connectivity index (χ3v) is 5.14. The Morgan fingerprint density at radius 3 is 2.84 bits per heavy atom. The Balaban J connectivity index is 1.58. The number of fused-ring (bicyclic) bond motifs is 1. The van der Waals surface area contributed by atoms with Gasteiger partial charge in [0, 0.05) is 38.2 Å². The van der Waals surface area contributed by atoms with Crippen molar-refractivity contribution in [2.24, 2.45) is 12.8 Å². The summed E-state index contributed by atoms with van der Waals surface area (Å²) in [5, 5.41) is 13.1. The summed E-state index contributed by atoms with van der Waals surface area (Å²) in [4.78, 5) is 16.8. The highest BCUT2D eigenvalue weighted by Gasteiger charge is 2.40. The molecule has 2 atom stereocenters. The number of carbonyl (C=O) groups excluding carboxylic acids is 1. The van der Waals surface area contributed by atoms with Crippen LogP contribution >= 0.6 is 0 Å². The van der Waals surface area contributed by atoms with Gasteiger partial charge in [-0.2, -0.15) is 5.10 Å². The number of aryl methyl sites for hydroxylation is 1. The third kappa shape index (κ3) is 4.31. The van der Waals surface area contributed by atoms with Gasteiger partial charge in [-0.15, -0.1) is 5.10 Å². The Bertz CT molecular complexity index is 1110. The number of nitrogens with two attached hydrogens (primary N) is 1. The first kappa shape index (κ1) is 21.0. The molecule has 1 aliphatic carbocycles. The molecule has 0 aliphatic heterocycles. The number of carbonyl (C=O) groups is 1. The molecule has 0 saturated heterocycles. The molecule has 31 heavy (non-hydrogen) atoms. The molecule has 4 N–H and O–H groups in total. The maximum atomic E-state index is 13.7. The average molecular weight is 440 g/mol. The SMILES string of the molecule is Cn1cc(NC(=O)c2ccc3cnc(N[C@H]4CC(F)(F)CC[C@H]4N)nn23)c(C(F)F)n1. The molecule has 3 aromatic rings. The summed E-state index contributed by atoms with van der Waals surface area (Å²) in [6.45, 7) is 0. The van der Waals surface area contributed by atoms with Crippen LogP contribution in [0.25, 0.3) is 5.52 Å². The second kappa shape index (κ2) is 7.80. The number of halogens is 4. The van der Waals surface area contributed by atoms with Crippen LogP contribution in [0.1, 0.15) is 41.9 Å². The first-order valence-corrected chi connectivity index (χ1v) is 9.51. The van der Waals surface area contributed by atoms with Gasteiger partial charge in [0.05, 0.1) is 17.4 Å². The zero-order chi connectivity index (χ0) is 22.3. The maximum absolute atomic E-state index is 13.7. The lowest BCUT2D eigenvalue weighted by Crippen LogP contribution is -2.48. The highest BCUT2D eigenvalue weighted by Crippen LogP contribution is 2.33. The second-order valence-corrected chi connectivity index (χ2v) is 7.51. The van der Waals surface area contributed by atoms with Crippen molar-refractivity contribution in [3.8, 4) is 0 Å². The summed E-state index contributed by atoms with van der Waals surface area (Å²) in [6.07, 6.45) is -0.761. The van der Waals surface area contributed by atoms with Gasteiger partial charge in [0.25, 0.3) is 12.3 Å². The molecule has 3 aromatic heterocycles. The van der Waals surface area contributed by atoms with Crippen molar-refractivity contribution in [1.29, 1.82) is 0 Å². The van der Waals surface area contributed by atoms with E-state index in [1.54, 1.807) is 6.07 Å². The van der Waals surface area contributed by atoms with E-state index in [0.29, 0.717) is 5.52 Å². The van der Waals surface area contributed by atoms with Gasteiger partial charge in [-0.3, -0.25) is 9.48 Å². The Morgan fingerprint density at radius 2 is 2.10 bits per heavy atom. The molecule has 13 heteroatoms. The zero-order valence-corrected chi connectivity index (χ0v) is 16.4. The Kier molecular flexibility index (Phi) is 5.29. The van der Waals surface area contributed by atoms with Crippen molar-refractivity contribution in [2.45, 2.75) is 43.7 Å². The third-order valence-electron chi connectivity index (χ3n) is 5.14. The van der Waals surface area contributed by atoms with Crippen LogP contribution in [0, 0.1) is 0 Å². The Labute approximate surface area is 173 Å². The summed E-state index contributed by atoms with van der Waals surface area (Å²) in [5.41, 5.74) is 5.77. The van der Waals surface area contributed by atoms with Gasteiger partial charge in [0.1, 0.15) is 5.69 Å². The van der Waals surface area contributed by atoms with E-state index in [1.165, 1.54) is 34.7 Å². The fraction of sp³-hybridized carbons (Fsp3) is 0.444. The molecule has 3 heterocycles. The number of hydrogen-bond donors (Lipinski definition) is 3. The first-order chi connectivity index (χ1) is 14.6. The average Bonchev–Trinajstić information content (AvgIpc) is 3.27. The Morgan fingerprint density at radius 1 is 1.32 bits per heavy atom. The first-order valence-electron chi connectivity index (χ1n) is 9.51. The van der Waals surface area contributed by atoms with E-state index in [4.69, 9.17) is 5.73 Å². The van der Waals surface area contributed by atoms with E-state index in [0.717, 1.165) is 0 Å². The minimum atomic E-state index is -2.86. The van der Waals surface area contributed by atoms with Crippen LogP contribution in [0.15, 0.2) is 24.5 Å². The number of anilines is 2. The van der Waals surface area contributed by atoms with Gasteiger partial charge < -0.3 is 16.4 Å². The number of rotatable bonds is 5. The molecule has 1 amide bonds. The number of aromatic nitrogens is 5. The number of hydrogen-bond acceptors (Lipinski definition) is 6. The summed E-state index contributed by atoms with van der Waals surface area (Å²) >= 11 is 0. The Hall–Kier alpha value is -3.22. The van der Waals surface area contributed by atoms with Gasteiger partial charge in [-0.25, -0.2) is 27.1 Å². The quantitative estimate of drug-likeness (QED) is 0.526. The van der Waals surface area contributed by atoms with Gasteiger partial charge in [-0.1, -0.05) is 0 Å². The molecule has 9 nitrogen and oxygen atoms in total. The molecule has 1 fully saturated rings. The van der Waals surface area contributed by atoms with Crippen LogP contribution in [-0.2, 0) is 7.05 Å². The molecule has 0 radical (unpaired) electrons. The van der Waals surface area contributed by atoms with Crippen LogP contribution in [0.2, 0.25) is 0 Å². The van der Waals surface area contributed by atoms with Crippen molar-refractivity contribution < 1.29 is 22.4 Å². The van der Waals surface area contributed by atoms with E-state index < -0.39 is 42.5 Å². The summed E-state index contributed by atoms with van der Waals surface area (Å²) in [7, 11) is 1.46. The van der Waals surface area contributed by atoms with E-state index in [-0.39, 0.29) is 30.2 Å². The van der Waals surface area contributed by atoms with Crippen LogP contribution < -0.4 is 16.4 Å². The number of alkyl halides is 4. The number of amides is 1. The van der Waals surface area contributed by atoms with Gasteiger partial charge in [-0.05, 0) is 18.6 Å². The largest absolute Gasteiger partial charge is 0.348 e. The molecule has 1 aliphatic rings. The lowest BCUT2D eigenvalue weighted by atomic mass is 9.88. The van der Waals surface area contributed by atoms with Crippen LogP contribution in [0.5, 0.6) is 0 Å². The topological polar surface area (TPSA) is 115 Å². The van der Waals surface area contributed by atoms with Gasteiger partial charge >= 0.3 is 0 Å². The number of nitrogens with one attached hydrogen (secondary N) is 2. The molecule has 1 saturated carbocycles. The summed E-state index contributed by atoms with van der Waals surface area (Å²) < 4.78 is 56.2. The van der Waals surface area contributed by atoms with Crippen molar-refractivity contribution in [2.75, 3.05) is 10.6 Å². The molecule has 166 valence electrons. The van der Waals surface area contributed by atoms with Crippen LogP contribution in [0.4, 0.5) is 29.2 Å². The highest BCUT2D eigenvalue weighted by atomic mass is 19.3. The molecule has 0 bridgehead atoms. The van der Waals surface area contributed by atoms with E-state index in [2.05, 4.69) is 25.8 Å². The van der Waals surface area contributed by atoms with E-state index in [9.17, 15) is 22.4 Å². The van der Waals surface area contributed by atoms with Crippen molar-refractivity contribution in [3.05, 3.63) is 35.9 Å². The fourth-order valence-corrected chi connectivity index (χ4v) is 3.57. The van der Waals surface area contributed by atoms with E-state index in [1.807, 2.05) is 0 Å². The van der Waals surface area contributed by atoms with Crippen molar-refractivity contribution in [3.63, 3.8) is 0 Å². The monoisotopic (exact) mass is 440 g/mol. The molecule has 4 rings (SSSR count). The second-order valence-electron chi connectivity index (χ2n) is 7.51. The molecule has 0 aromatic carbocycles. The van der Waals surface area contributed by atoms with E-state index >= 15 is 0 Å². The number of nitrogens with zero attached hydrogens (tertiary/aromatic N) is 5. The lowest BCUT2D eigenvalue weighted by Gasteiger charge is -2.34. The fourth-order valence-electron chi connectivity index (χ4n) is 3.57. The van der Waals surface area contributed by atoms with Crippen molar-refractivity contribution >= 4 is 23.1 Å². The summed E-state index contributed by atoms with van der Waals surface area (Å²) in [5.74, 6) is -3.51. The summed E-state index contributed by atoms with van der Waals surface area (Å²) in [6, 6.07) is 1.78. The maximum Gasteiger partial charge on any atom is 0.284 e. The lowest BCUT2D eigenvalue weighted by molar-refractivity contribution is -0.0415. The molecular weight excluding hydrogens is 420 g/mol. The van der Waals surface area contributed by atoms with Crippen molar-refractivity contribution in [1.82, 2.24) is 24.4 Å². The van der Waals surface area contributed by atoms with Gasteiger partial charge in [0.15, 0.2) is 5.69 Å². The smallest absolute Gasteiger partial charge is 0.284 e. The van der Waals surface area contributed by atoms with Gasteiger partial charge in [0.2, 0.25) is 11.9 Å². The predicted molar refractivity (Wildman–Crippen MR) is 103 cm³/mol. The molecule has 0 spiro atoms. The van der Waals surface area contributed by atoms with Crippen LogP contribution in [0.3, 0.4) is 0 Å². The molecular formula is C18H20F4N8O. The van der Waals surface area contributed by atoms with Crippen LogP contribution in [-0.4, -0.2) is 48.3 Å². The highest BCUT2D eigenvalue weighted by molar-refractivity contribution is 6.04. The minimum Gasteiger partial charge on any atom is -0.348 e. The molecule has 0 unspecified atom stereocenters. The normalized spacial score (nSPS) is 20.9. The zero-order valence-electron chi connectivity index (χ0n) is 16.4. The standard InChI is InChI=1S/C18H20F4N8O/c1-29-8-12(14(27-29)15(19)20)25-16(31)13-3-2-9-7-24-17(28-30(9)13)26-11-6-18(21,22)5-4-10(11)23/h2-3,7-8,10-11,15H,4-6,23H2,1H3,(H,25,31)(H,26,28)/t10-,11+/m1/s1. The minimum absolute atomic E-state index is 0.0190.